The number of ether oxygens (including phenoxy) is 1. The smallest absolute Gasteiger partial charge is 0.171 e. The van der Waals surface area contributed by atoms with E-state index in [1.54, 1.807) is 6.92 Å². The molecule has 1 aliphatic carbocycles. The summed E-state index contributed by atoms with van der Waals surface area (Å²) < 4.78 is 46.0. The minimum atomic E-state index is -1.10. The monoisotopic (exact) mass is 230 g/mol. The van der Waals surface area contributed by atoms with Crippen LogP contribution in [0.1, 0.15) is 30.9 Å². The fraction of sp³-hybridized carbons (Fsp3) is 0.500. The lowest BCUT2D eigenvalue weighted by molar-refractivity contribution is 0.279. The second-order valence-electron chi connectivity index (χ2n) is 4.05. The van der Waals surface area contributed by atoms with Crippen LogP contribution >= 0.6 is 0 Å². The van der Waals surface area contributed by atoms with Crippen molar-refractivity contribution in [2.24, 2.45) is 0 Å². The molecule has 1 fully saturated rings. The van der Waals surface area contributed by atoms with Gasteiger partial charge in [-0.15, -0.1) is 0 Å². The standard InChI is InChI=1S/C12H13F3O/c1-3-8-10(14)9(13)6(2)12(11(8)15)16-7-4-5-7/h7H,3-5H2,1-2H3. The van der Waals surface area contributed by atoms with Crippen molar-refractivity contribution in [2.45, 2.75) is 39.2 Å². The van der Waals surface area contributed by atoms with Crippen molar-refractivity contribution in [2.75, 3.05) is 0 Å². The van der Waals surface area contributed by atoms with Gasteiger partial charge < -0.3 is 4.74 Å². The molecule has 4 heteroatoms. The zero-order valence-corrected chi connectivity index (χ0v) is 9.24. The molecule has 0 unspecified atom stereocenters. The molecule has 0 amide bonds. The molecule has 0 N–H and O–H groups in total. The fourth-order valence-corrected chi connectivity index (χ4v) is 1.60. The molecule has 0 atom stereocenters. The molecular weight excluding hydrogens is 217 g/mol. The summed E-state index contributed by atoms with van der Waals surface area (Å²) in [5.74, 6) is -2.99. The van der Waals surface area contributed by atoms with Gasteiger partial charge >= 0.3 is 0 Å². The van der Waals surface area contributed by atoms with E-state index in [9.17, 15) is 13.2 Å². The van der Waals surface area contributed by atoms with E-state index < -0.39 is 17.5 Å². The molecular formula is C12H13F3O. The Balaban J connectivity index is 2.52. The van der Waals surface area contributed by atoms with Crippen LogP contribution < -0.4 is 4.74 Å². The summed E-state index contributed by atoms with van der Waals surface area (Å²) in [6.45, 7) is 2.91. The van der Waals surface area contributed by atoms with Crippen molar-refractivity contribution in [1.29, 1.82) is 0 Å². The van der Waals surface area contributed by atoms with Gasteiger partial charge in [0.05, 0.1) is 6.10 Å². The molecule has 1 nitrogen and oxygen atoms in total. The van der Waals surface area contributed by atoms with Crippen LogP contribution in [0.25, 0.3) is 0 Å². The van der Waals surface area contributed by atoms with E-state index in [0.717, 1.165) is 12.8 Å². The van der Waals surface area contributed by atoms with Crippen LogP contribution in [0.4, 0.5) is 13.2 Å². The number of benzene rings is 1. The summed E-state index contributed by atoms with van der Waals surface area (Å²) in [4.78, 5) is 0. The first-order chi connectivity index (χ1) is 7.56. The van der Waals surface area contributed by atoms with Crippen molar-refractivity contribution >= 4 is 0 Å². The zero-order chi connectivity index (χ0) is 11.9. The molecule has 0 aliphatic heterocycles. The highest BCUT2D eigenvalue weighted by molar-refractivity contribution is 5.41. The Morgan fingerprint density at radius 2 is 1.75 bits per heavy atom. The third-order valence-corrected chi connectivity index (χ3v) is 2.75. The van der Waals surface area contributed by atoms with E-state index in [1.165, 1.54) is 6.92 Å². The summed E-state index contributed by atoms with van der Waals surface area (Å²) in [5.41, 5.74) is -0.321. The third kappa shape index (κ3) is 1.77. The predicted octanol–water partition coefficient (Wildman–Crippen LogP) is 3.52. The third-order valence-electron chi connectivity index (χ3n) is 2.75. The summed E-state index contributed by atoms with van der Waals surface area (Å²) in [6, 6.07) is 0. The topological polar surface area (TPSA) is 9.23 Å². The lowest BCUT2D eigenvalue weighted by Crippen LogP contribution is -2.08. The van der Waals surface area contributed by atoms with Gasteiger partial charge in [0.15, 0.2) is 23.2 Å². The summed E-state index contributed by atoms with van der Waals surface area (Å²) in [6.07, 6.45) is 1.76. The van der Waals surface area contributed by atoms with Crippen LogP contribution in [-0.2, 0) is 6.42 Å². The highest BCUT2D eigenvalue weighted by Crippen LogP contribution is 2.35. The van der Waals surface area contributed by atoms with Gasteiger partial charge in [0.2, 0.25) is 0 Å². The first-order valence-electron chi connectivity index (χ1n) is 5.38. The molecule has 2 rings (SSSR count). The Labute approximate surface area is 92.2 Å². The molecule has 0 spiro atoms. The molecule has 1 aliphatic rings. The molecule has 0 saturated heterocycles. The minimum Gasteiger partial charge on any atom is -0.487 e. The van der Waals surface area contributed by atoms with E-state index in [0.29, 0.717) is 0 Å². The molecule has 1 saturated carbocycles. The maximum atomic E-state index is 13.8. The average Bonchev–Trinajstić information content (AvgIpc) is 3.06. The van der Waals surface area contributed by atoms with Crippen molar-refractivity contribution in [3.05, 3.63) is 28.6 Å². The molecule has 0 heterocycles. The first kappa shape index (κ1) is 11.3. The Kier molecular flexibility index (Phi) is 2.82. The summed E-state index contributed by atoms with van der Waals surface area (Å²) in [7, 11) is 0. The van der Waals surface area contributed by atoms with Gasteiger partial charge in [-0.25, -0.2) is 13.2 Å². The van der Waals surface area contributed by atoms with Gasteiger partial charge in [0.25, 0.3) is 0 Å². The van der Waals surface area contributed by atoms with Crippen LogP contribution in [-0.4, -0.2) is 6.10 Å². The quantitative estimate of drug-likeness (QED) is 0.722. The highest BCUT2D eigenvalue weighted by atomic mass is 19.2. The average molecular weight is 230 g/mol. The Bertz CT molecular complexity index is 425. The predicted molar refractivity (Wildman–Crippen MR) is 54.1 cm³/mol. The lowest BCUT2D eigenvalue weighted by Gasteiger charge is -2.13. The number of hydrogen-bond acceptors (Lipinski definition) is 1. The summed E-state index contributed by atoms with van der Waals surface area (Å²) >= 11 is 0. The van der Waals surface area contributed by atoms with Gasteiger partial charge in [0, 0.05) is 11.1 Å². The van der Waals surface area contributed by atoms with E-state index in [-0.39, 0.29) is 29.4 Å². The maximum absolute atomic E-state index is 13.8. The van der Waals surface area contributed by atoms with Crippen molar-refractivity contribution in [3.8, 4) is 5.75 Å². The zero-order valence-electron chi connectivity index (χ0n) is 9.24. The Morgan fingerprint density at radius 1 is 1.12 bits per heavy atom. The van der Waals surface area contributed by atoms with Crippen LogP contribution in [0.15, 0.2) is 0 Å². The van der Waals surface area contributed by atoms with Gasteiger partial charge in [-0.1, -0.05) is 6.92 Å². The maximum Gasteiger partial charge on any atom is 0.171 e. The molecule has 1 aromatic carbocycles. The van der Waals surface area contributed by atoms with Gasteiger partial charge in [-0.3, -0.25) is 0 Å². The number of rotatable bonds is 3. The van der Waals surface area contributed by atoms with Gasteiger partial charge in [-0.2, -0.15) is 0 Å². The second-order valence-corrected chi connectivity index (χ2v) is 4.05. The SMILES string of the molecule is CCc1c(F)c(F)c(C)c(OC2CC2)c1F. The van der Waals surface area contributed by atoms with Crippen molar-refractivity contribution in [3.63, 3.8) is 0 Å². The van der Waals surface area contributed by atoms with Crippen LogP contribution in [0, 0.1) is 24.4 Å². The first-order valence-corrected chi connectivity index (χ1v) is 5.38. The molecule has 0 aromatic heterocycles. The molecule has 16 heavy (non-hydrogen) atoms. The van der Waals surface area contributed by atoms with Crippen LogP contribution in [0.5, 0.6) is 5.75 Å². The summed E-state index contributed by atoms with van der Waals surface area (Å²) in [5, 5.41) is 0. The molecule has 0 bridgehead atoms. The minimum absolute atomic E-state index is 0.0391. The number of halogens is 3. The second kappa shape index (κ2) is 4.00. The largest absolute Gasteiger partial charge is 0.487 e. The van der Waals surface area contributed by atoms with Crippen molar-refractivity contribution in [1.82, 2.24) is 0 Å². The van der Waals surface area contributed by atoms with Crippen LogP contribution in [0.2, 0.25) is 0 Å². The molecule has 1 aromatic rings. The molecule has 88 valence electrons. The van der Waals surface area contributed by atoms with Crippen LogP contribution in [0.3, 0.4) is 0 Å². The fourth-order valence-electron chi connectivity index (χ4n) is 1.60. The lowest BCUT2D eigenvalue weighted by atomic mass is 10.1. The molecule has 0 radical (unpaired) electrons. The highest BCUT2D eigenvalue weighted by Gasteiger charge is 2.29. The van der Waals surface area contributed by atoms with E-state index in [2.05, 4.69) is 0 Å². The normalized spacial score (nSPS) is 15.3. The van der Waals surface area contributed by atoms with Gasteiger partial charge in [0.1, 0.15) is 0 Å². The van der Waals surface area contributed by atoms with Crippen molar-refractivity contribution < 1.29 is 17.9 Å². The van der Waals surface area contributed by atoms with E-state index in [4.69, 9.17) is 4.74 Å². The van der Waals surface area contributed by atoms with E-state index >= 15 is 0 Å². The Hall–Kier alpha value is -1.19. The van der Waals surface area contributed by atoms with Gasteiger partial charge in [-0.05, 0) is 26.2 Å². The number of hydrogen-bond donors (Lipinski definition) is 0. The van der Waals surface area contributed by atoms with E-state index in [1.807, 2.05) is 0 Å². The Morgan fingerprint density at radius 3 is 2.25 bits per heavy atom.